The number of pyridine rings is 1. The van der Waals surface area contributed by atoms with E-state index in [4.69, 9.17) is 0 Å². The van der Waals surface area contributed by atoms with Gasteiger partial charge in [-0.2, -0.15) is 0 Å². The predicted molar refractivity (Wildman–Crippen MR) is 122 cm³/mol. The van der Waals surface area contributed by atoms with Crippen LogP contribution in [0.25, 0.3) is 11.1 Å². The molecule has 6 nitrogen and oxygen atoms in total. The van der Waals surface area contributed by atoms with Crippen molar-refractivity contribution in [2.45, 2.75) is 32.1 Å². The van der Waals surface area contributed by atoms with E-state index in [1.54, 1.807) is 18.0 Å². The Balaban J connectivity index is 0.00000289. The Morgan fingerprint density at radius 1 is 1.03 bits per heavy atom. The van der Waals surface area contributed by atoms with Crippen molar-refractivity contribution in [1.29, 1.82) is 0 Å². The standard InChI is InChI=1S/C26H23F2N3O3.Li/c1-30-22-12-18(7-4-15(22)6-9-24(30)32)31-10-2-3-16-11-19(20(25(27)28)13-23(16)31)17-5-8-21(26(33)34)29-14-17;/h4-5,7-8,11-14,25H,2-3,6,9-10H2,1H3,(H,33,34);/q;+1/p-1. The zero-order chi connectivity index (χ0) is 24.0. The van der Waals surface area contributed by atoms with E-state index < -0.39 is 12.4 Å². The number of fused-ring (bicyclic) bond motifs is 2. The minimum atomic E-state index is -2.72. The number of hydrogen-bond donors (Lipinski definition) is 0. The summed E-state index contributed by atoms with van der Waals surface area (Å²) in [6, 6.07) is 12.0. The van der Waals surface area contributed by atoms with Crippen LogP contribution in [-0.2, 0) is 17.6 Å². The number of carbonyl (C=O) groups is 2. The molecule has 1 amide bonds. The van der Waals surface area contributed by atoms with Crippen LogP contribution < -0.4 is 33.8 Å². The minimum absolute atomic E-state index is 0. The van der Waals surface area contributed by atoms with Gasteiger partial charge < -0.3 is 19.7 Å². The zero-order valence-corrected chi connectivity index (χ0v) is 19.6. The first-order valence-electron chi connectivity index (χ1n) is 11.1. The summed E-state index contributed by atoms with van der Waals surface area (Å²) >= 11 is 0. The van der Waals surface area contributed by atoms with E-state index >= 15 is 0 Å². The number of alkyl halides is 2. The quantitative estimate of drug-likeness (QED) is 0.534. The van der Waals surface area contributed by atoms with Crippen molar-refractivity contribution in [3.05, 3.63) is 71.0 Å². The molecule has 0 bridgehead atoms. The maximum absolute atomic E-state index is 14.2. The average molecular weight is 469 g/mol. The summed E-state index contributed by atoms with van der Waals surface area (Å²) in [6.07, 6.45) is 1.31. The number of anilines is 3. The molecule has 0 unspecified atom stereocenters. The molecule has 0 N–H and O–H groups in total. The largest absolute Gasteiger partial charge is 1.00 e. The van der Waals surface area contributed by atoms with Gasteiger partial charge in [-0.1, -0.05) is 12.1 Å². The third-order valence-corrected chi connectivity index (χ3v) is 6.61. The van der Waals surface area contributed by atoms with Crippen LogP contribution >= 0.6 is 0 Å². The summed E-state index contributed by atoms with van der Waals surface area (Å²) in [5.74, 6) is -1.36. The van der Waals surface area contributed by atoms with Crippen LogP contribution in [0.3, 0.4) is 0 Å². The number of nitrogens with zero attached hydrogens (tertiary/aromatic N) is 3. The van der Waals surface area contributed by atoms with Crippen molar-refractivity contribution in [2.24, 2.45) is 0 Å². The number of aromatic nitrogens is 1. The number of aromatic carboxylic acids is 1. The van der Waals surface area contributed by atoms with Gasteiger partial charge in [-0.15, -0.1) is 0 Å². The molecule has 3 aromatic rings. The molecular formula is C26H22F2LiN3O3. The van der Waals surface area contributed by atoms with E-state index in [0.717, 1.165) is 35.3 Å². The van der Waals surface area contributed by atoms with Gasteiger partial charge in [0.05, 0.1) is 11.7 Å². The molecule has 0 saturated heterocycles. The molecule has 2 aliphatic rings. The number of rotatable bonds is 4. The zero-order valence-electron chi connectivity index (χ0n) is 19.6. The van der Waals surface area contributed by atoms with Gasteiger partial charge in [0.15, 0.2) is 0 Å². The molecule has 0 spiro atoms. The second-order valence-electron chi connectivity index (χ2n) is 8.61. The van der Waals surface area contributed by atoms with Crippen molar-refractivity contribution in [1.82, 2.24) is 4.98 Å². The molecule has 0 radical (unpaired) electrons. The Bertz CT molecular complexity index is 1300. The molecule has 0 atom stereocenters. The number of halogens is 2. The van der Waals surface area contributed by atoms with Crippen molar-refractivity contribution >= 4 is 28.9 Å². The van der Waals surface area contributed by atoms with Crippen molar-refractivity contribution < 1.29 is 42.3 Å². The number of carboxylic acid groups (broad SMARTS) is 1. The van der Waals surface area contributed by atoms with E-state index in [-0.39, 0.29) is 36.0 Å². The molecule has 5 rings (SSSR count). The van der Waals surface area contributed by atoms with Crippen molar-refractivity contribution in [2.75, 3.05) is 23.4 Å². The maximum Gasteiger partial charge on any atom is 1.00 e. The number of carboxylic acids is 1. The SMILES string of the molecule is CN1C(=O)CCc2ccc(N3CCCc4cc(-c5ccc(C(=O)[O-])nc5)c(C(F)F)cc43)cc21.[Li+]. The fourth-order valence-corrected chi connectivity index (χ4v) is 4.81. The van der Waals surface area contributed by atoms with E-state index in [2.05, 4.69) is 4.98 Å². The second kappa shape index (κ2) is 9.80. The molecular weight excluding hydrogens is 447 g/mol. The first-order chi connectivity index (χ1) is 16.3. The summed E-state index contributed by atoms with van der Waals surface area (Å²) in [6.45, 7) is 0.674. The summed E-state index contributed by atoms with van der Waals surface area (Å²) < 4.78 is 28.3. The summed E-state index contributed by atoms with van der Waals surface area (Å²) in [5.41, 5.74) is 4.82. The first kappa shape index (κ1) is 24.9. The monoisotopic (exact) mass is 469 g/mol. The Labute approximate surface area is 213 Å². The topological polar surface area (TPSA) is 76.6 Å². The minimum Gasteiger partial charge on any atom is -0.543 e. The normalized spacial score (nSPS) is 14.9. The first-order valence-corrected chi connectivity index (χ1v) is 11.1. The van der Waals surface area contributed by atoms with Gasteiger partial charge in [0, 0.05) is 54.4 Å². The Morgan fingerprint density at radius 2 is 1.83 bits per heavy atom. The van der Waals surface area contributed by atoms with Crippen LogP contribution in [-0.4, -0.2) is 30.5 Å². The average Bonchev–Trinajstić information content (AvgIpc) is 2.85. The summed E-state index contributed by atoms with van der Waals surface area (Å²) in [4.78, 5) is 30.7. The fourth-order valence-electron chi connectivity index (χ4n) is 4.81. The van der Waals surface area contributed by atoms with E-state index in [0.29, 0.717) is 36.2 Å². The van der Waals surface area contributed by atoms with Gasteiger partial charge in [0.1, 0.15) is 0 Å². The summed E-state index contributed by atoms with van der Waals surface area (Å²) in [5, 5.41) is 11.0. The van der Waals surface area contributed by atoms with Crippen LogP contribution in [0.1, 0.15) is 46.4 Å². The van der Waals surface area contributed by atoms with Gasteiger partial charge in [-0.05, 0) is 66.3 Å². The third-order valence-electron chi connectivity index (χ3n) is 6.61. The molecule has 2 aromatic carbocycles. The van der Waals surface area contributed by atoms with Gasteiger partial charge >= 0.3 is 18.9 Å². The molecule has 2 aliphatic heterocycles. The number of carbonyl (C=O) groups excluding carboxylic acids is 2. The van der Waals surface area contributed by atoms with Crippen molar-refractivity contribution in [3.63, 3.8) is 0 Å². The molecule has 0 saturated carbocycles. The molecule has 0 aliphatic carbocycles. The molecule has 35 heavy (non-hydrogen) atoms. The summed E-state index contributed by atoms with van der Waals surface area (Å²) in [7, 11) is 1.76. The van der Waals surface area contributed by atoms with Gasteiger partial charge in [0.2, 0.25) is 5.91 Å². The Kier molecular flexibility index (Phi) is 6.97. The number of aryl methyl sites for hydroxylation is 2. The van der Waals surface area contributed by atoms with Gasteiger partial charge in [-0.25, -0.2) is 8.78 Å². The van der Waals surface area contributed by atoms with Crippen LogP contribution in [0.5, 0.6) is 0 Å². The fraction of sp³-hybridized carbons (Fsp3) is 0.269. The Hall–Kier alpha value is -3.21. The van der Waals surface area contributed by atoms with Crippen LogP contribution in [0.15, 0.2) is 48.7 Å². The molecule has 1 aromatic heterocycles. The van der Waals surface area contributed by atoms with Crippen LogP contribution in [0, 0.1) is 0 Å². The van der Waals surface area contributed by atoms with Crippen LogP contribution in [0.4, 0.5) is 25.8 Å². The number of benzene rings is 2. The molecule has 0 fully saturated rings. The van der Waals surface area contributed by atoms with Gasteiger partial charge in [0.25, 0.3) is 6.43 Å². The number of hydrogen-bond acceptors (Lipinski definition) is 5. The molecule has 3 heterocycles. The van der Waals surface area contributed by atoms with Gasteiger partial charge in [-0.3, -0.25) is 9.78 Å². The maximum atomic E-state index is 14.2. The van der Waals surface area contributed by atoms with E-state index in [1.807, 2.05) is 23.1 Å². The van der Waals surface area contributed by atoms with E-state index in [1.165, 1.54) is 24.4 Å². The Morgan fingerprint density at radius 3 is 2.51 bits per heavy atom. The molecule has 9 heteroatoms. The predicted octanol–water partition coefficient (Wildman–Crippen LogP) is 1.05. The van der Waals surface area contributed by atoms with E-state index in [9.17, 15) is 23.5 Å². The molecule has 174 valence electrons. The second-order valence-corrected chi connectivity index (χ2v) is 8.61. The smallest absolute Gasteiger partial charge is 0.543 e. The van der Waals surface area contributed by atoms with Crippen LogP contribution in [0.2, 0.25) is 0 Å². The van der Waals surface area contributed by atoms with Crippen molar-refractivity contribution in [3.8, 4) is 11.1 Å². The number of amides is 1. The third kappa shape index (κ3) is 4.56.